The molecular weight excluding hydrogens is 234 g/mol. The van der Waals surface area contributed by atoms with E-state index >= 15 is 0 Å². The minimum absolute atomic E-state index is 0.172. The number of imidazole rings is 1. The van der Waals surface area contributed by atoms with Crippen LogP contribution in [0.4, 0.5) is 0 Å². The summed E-state index contributed by atoms with van der Waals surface area (Å²) in [6.07, 6.45) is 5.00. The van der Waals surface area contributed by atoms with Gasteiger partial charge in [-0.3, -0.25) is 0 Å². The van der Waals surface area contributed by atoms with Crippen molar-refractivity contribution in [3.05, 3.63) is 53.6 Å². The lowest BCUT2D eigenvalue weighted by molar-refractivity contribution is 0.559. The molecule has 1 aromatic heterocycles. The van der Waals surface area contributed by atoms with E-state index in [1.165, 1.54) is 11.1 Å². The third-order valence-electron chi connectivity index (χ3n) is 3.48. The monoisotopic (exact) mass is 257 g/mol. The van der Waals surface area contributed by atoms with E-state index < -0.39 is 0 Å². The highest BCUT2D eigenvalue weighted by Gasteiger charge is 2.17. The van der Waals surface area contributed by atoms with E-state index in [1.807, 2.05) is 12.4 Å². The van der Waals surface area contributed by atoms with E-state index in [-0.39, 0.29) is 6.04 Å². The molecule has 0 bridgehead atoms. The van der Waals surface area contributed by atoms with Crippen molar-refractivity contribution in [1.29, 1.82) is 0 Å². The molecule has 0 radical (unpaired) electrons. The van der Waals surface area contributed by atoms with Crippen molar-refractivity contribution in [3.63, 3.8) is 0 Å². The van der Waals surface area contributed by atoms with Crippen LogP contribution in [0.5, 0.6) is 0 Å². The van der Waals surface area contributed by atoms with Crippen molar-refractivity contribution >= 4 is 0 Å². The van der Waals surface area contributed by atoms with Crippen LogP contribution in [0.25, 0.3) is 0 Å². The molecule has 102 valence electrons. The Morgan fingerprint density at radius 2 is 1.89 bits per heavy atom. The molecule has 3 heteroatoms. The lowest BCUT2D eigenvalue weighted by Gasteiger charge is -2.19. The summed E-state index contributed by atoms with van der Waals surface area (Å²) in [4.78, 5) is 4.53. The largest absolute Gasteiger partial charge is 0.334 e. The Hall–Kier alpha value is -1.61. The number of aryl methyl sites for hydroxylation is 2. The van der Waals surface area contributed by atoms with Gasteiger partial charge in [0, 0.05) is 18.9 Å². The smallest absolute Gasteiger partial charge is 0.130 e. The Morgan fingerprint density at radius 1 is 1.16 bits per heavy atom. The number of aromatic nitrogens is 2. The summed E-state index contributed by atoms with van der Waals surface area (Å²) in [5.74, 6) is 1.09. The fraction of sp³-hybridized carbons (Fsp3) is 0.438. The third kappa shape index (κ3) is 3.04. The minimum atomic E-state index is 0.172. The van der Waals surface area contributed by atoms with E-state index in [1.54, 1.807) is 0 Å². The van der Waals surface area contributed by atoms with Crippen molar-refractivity contribution < 1.29 is 0 Å². The average molecular weight is 257 g/mol. The van der Waals surface area contributed by atoms with E-state index in [9.17, 15) is 0 Å². The van der Waals surface area contributed by atoms with Gasteiger partial charge in [-0.05, 0) is 31.0 Å². The zero-order valence-corrected chi connectivity index (χ0v) is 12.1. The summed E-state index contributed by atoms with van der Waals surface area (Å²) >= 11 is 0. The molecule has 1 N–H and O–H groups in total. The molecule has 0 saturated heterocycles. The maximum Gasteiger partial charge on any atom is 0.130 e. The van der Waals surface area contributed by atoms with Gasteiger partial charge in [-0.25, -0.2) is 4.98 Å². The summed E-state index contributed by atoms with van der Waals surface area (Å²) in [6.45, 7) is 8.34. The van der Waals surface area contributed by atoms with Crippen LogP contribution in [-0.4, -0.2) is 16.1 Å². The quantitative estimate of drug-likeness (QED) is 0.861. The van der Waals surface area contributed by atoms with Crippen LogP contribution in [0.15, 0.2) is 36.7 Å². The number of nitrogens with one attached hydrogen (secondary N) is 1. The Labute approximate surface area is 115 Å². The Morgan fingerprint density at radius 3 is 2.47 bits per heavy atom. The van der Waals surface area contributed by atoms with Gasteiger partial charge in [0.2, 0.25) is 0 Å². The molecule has 1 heterocycles. The topological polar surface area (TPSA) is 29.9 Å². The summed E-state index contributed by atoms with van der Waals surface area (Å²) < 4.78 is 2.20. The second-order valence-electron chi connectivity index (χ2n) is 4.66. The standard InChI is InChI=1S/C16H23N3/c1-4-13-7-9-14(10-8-13)15(17-5-2)16-18-11-12-19(16)6-3/h7-12,15,17H,4-6H2,1-3H3. The second-order valence-corrected chi connectivity index (χ2v) is 4.66. The average Bonchev–Trinajstić information content (AvgIpc) is 2.93. The van der Waals surface area contributed by atoms with Crippen LogP contribution in [0.1, 0.15) is 43.8 Å². The van der Waals surface area contributed by atoms with Gasteiger partial charge in [0.25, 0.3) is 0 Å². The highest BCUT2D eigenvalue weighted by molar-refractivity contribution is 5.29. The minimum Gasteiger partial charge on any atom is -0.334 e. The normalized spacial score (nSPS) is 12.6. The van der Waals surface area contributed by atoms with Crippen LogP contribution >= 0.6 is 0 Å². The summed E-state index contributed by atoms with van der Waals surface area (Å²) in [6, 6.07) is 9.00. The Kier molecular flexibility index (Phi) is 4.74. The van der Waals surface area contributed by atoms with Crippen LogP contribution in [-0.2, 0) is 13.0 Å². The molecule has 19 heavy (non-hydrogen) atoms. The van der Waals surface area contributed by atoms with Gasteiger partial charge in [0.05, 0.1) is 6.04 Å². The first kappa shape index (κ1) is 13.8. The number of rotatable bonds is 6. The van der Waals surface area contributed by atoms with E-state index in [2.05, 4.69) is 59.9 Å². The second kappa shape index (κ2) is 6.53. The zero-order chi connectivity index (χ0) is 13.7. The van der Waals surface area contributed by atoms with E-state index in [0.717, 1.165) is 25.3 Å². The van der Waals surface area contributed by atoms with Crippen molar-refractivity contribution in [2.75, 3.05) is 6.54 Å². The molecule has 0 aliphatic heterocycles. The molecule has 1 aromatic carbocycles. The summed E-state index contributed by atoms with van der Waals surface area (Å²) in [7, 11) is 0. The Bertz CT molecular complexity index is 499. The molecule has 2 rings (SSSR count). The molecule has 3 nitrogen and oxygen atoms in total. The first-order valence-electron chi connectivity index (χ1n) is 7.13. The lowest BCUT2D eigenvalue weighted by Crippen LogP contribution is -2.25. The highest BCUT2D eigenvalue weighted by Crippen LogP contribution is 2.21. The zero-order valence-electron chi connectivity index (χ0n) is 12.1. The first-order chi connectivity index (χ1) is 9.30. The lowest BCUT2D eigenvalue weighted by atomic mass is 10.0. The highest BCUT2D eigenvalue weighted by atomic mass is 15.1. The van der Waals surface area contributed by atoms with Crippen molar-refractivity contribution in [2.45, 2.75) is 39.8 Å². The van der Waals surface area contributed by atoms with Crippen molar-refractivity contribution in [1.82, 2.24) is 14.9 Å². The predicted molar refractivity (Wildman–Crippen MR) is 79.2 cm³/mol. The molecule has 0 fully saturated rings. The van der Waals surface area contributed by atoms with Gasteiger partial charge in [-0.15, -0.1) is 0 Å². The molecule has 0 aliphatic carbocycles. The molecule has 2 aromatic rings. The van der Waals surface area contributed by atoms with Crippen LogP contribution in [0.3, 0.4) is 0 Å². The van der Waals surface area contributed by atoms with Gasteiger partial charge >= 0.3 is 0 Å². The maximum absolute atomic E-state index is 4.53. The van der Waals surface area contributed by atoms with E-state index in [4.69, 9.17) is 0 Å². The van der Waals surface area contributed by atoms with Crippen LogP contribution in [0.2, 0.25) is 0 Å². The molecule has 0 saturated carbocycles. The van der Waals surface area contributed by atoms with Crippen LogP contribution < -0.4 is 5.32 Å². The van der Waals surface area contributed by atoms with Crippen molar-refractivity contribution in [2.24, 2.45) is 0 Å². The fourth-order valence-corrected chi connectivity index (χ4v) is 2.36. The van der Waals surface area contributed by atoms with Gasteiger partial charge in [-0.1, -0.05) is 38.1 Å². The molecule has 1 atom stereocenters. The summed E-state index contributed by atoms with van der Waals surface area (Å²) in [5.41, 5.74) is 2.65. The number of hydrogen-bond acceptors (Lipinski definition) is 2. The number of nitrogens with zero attached hydrogens (tertiary/aromatic N) is 2. The van der Waals surface area contributed by atoms with Gasteiger partial charge in [0.15, 0.2) is 0 Å². The molecule has 1 unspecified atom stereocenters. The van der Waals surface area contributed by atoms with Gasteiger partial charge < -0.3 is 9.88 Å². The Balaban J connectivity index is 2.33. The number of benzene rings is 1. The maximum atomic E-state index is 4.53. The number of hydrogen-bond donors (Lipinski definition) is 1. The fourth-order valence-electron chi connectivity index (χ4n) is 2.36. The van der Waals surface area contributed by atoms with Gasteiger partial charge in [0.1, 0.15) is 5.82 Å². The van der Waals surface area contributed by atoms with Crippen molar-refractivity contribution in [3.8, 4) is 0 Å². The van der Waals surface area contributed by atoms with E-state index in [0.29, 0.717) is 0 Å². The molecule has 0 spiro atoms. The van der Waals surface area contributed by atoms with Gasteiger partial charge in [-0.2, -0.15) is 0 Å². The third-order valence-corrected chi connectivity index (χ3v) is 3.48. The predicted octanol–water partition coefficient (Wildman–Crippen LogP) is 3.16. The molecule has 0 aliphatic rings. The summed E-state index contributed by atoms with van der Waals surface area (Å²) in [5, 5.41) is 3.53. The molecular formula is C16H23N3. The molecule has 0 amide bonds. The first-order valence-corrected chi connectivity index (χ1v) is 7.13. The van der Waals surface area contributed by atoms with Crippen LogP contribution in [0, 0.1) is 0 Å². The SMILES string of the molecule is CCNC(c1ccc(CC)cc1)c1nccn1CC.